The van der Waals surface area contributed by atoms with Crippen LogP contribution in [0.2, 0.25) is 10.0 Å². The number of carbonyl (C=O) groups is 4. The summed E-state index contributed by atoms with van der Waals surface area (Å²) in [7, 11) is 0. The summed E-state index contributed by atoms with van der Waals surface area (Å²) in [6.45, 7) is 0. The smallest absolute Gasteiger partial charge is 0.273 e. The molecule has 2 aromatic carbocycles. The Hall–Kier alpha value is -4.30. The Bertz CT molecular complexity index is 1180. The number of nitro benzene ring substituents is 2. The molecular formula is C23H24Cl2N6O8. The lowest BCUT2D eigenvalue weighted by molar-refractivity contribution is -0.384. The van der Waals surface area contributed by atoms with Crippen LogP contribution in [0.1, 0.15) is 65.7 Å². The van der Waals surface area contributed by atoms with E-state index in [9.17, 15) is 39.4 Å². The van der Waals surface area contributed by atoms with Crippen molar-refractivity contribution in [2.45, 2.75) is 44.9 Å². The van der Waals surface area contributed by atoms with Gasteiger partial charge >= 0.3 is 0 Å². The fourth-order valence-electron chi connectivity index (χ4n) is 3.21. The van der Waals surface area contributed by atoms with Crippen LogP contribution < -0.4 is 21.7 Å². The summed E-state index contributed by atoms with van der Waals surface area (Å²) in [6.07, 6.45) is 3.46. The van der Waals surface area contributed by atoms with Crippen molar-refractivity contribution < 1.29 is 29.0 Å². The second kappa shape index (κ2) is 15.2. The maximum atomic E-state index is 12.1. The number of amides is 4. The lowest BCUT2D eigenvalue weighted by Gasteiger charge is -2.08. The zero-order valence-electron chi connectivity index (χ0n) is 20.3. The number of carbonyl (C=O) groups excluding carboxylic acids is 4. The summed E-state index contributed by atoms with van der Waals surface area (Å²) in [4.78, 5) is 68.3. The predicted molar refractivity (Wildman–Crippen MR) is 140 cm³/mol. The molecule has 14 nitrogen and oxygen atoms in total. The average Bonchev–Trinajstić information content (AvgIpc) is 2.89. The third-order valence-electron chi connectivity index (χ3n) is 5.25. The summed E-state index contributed by atoms with van der Waals surface area (Å²) in [5, 5.41) is 21.6. The van der Waals surface area contributed by atoms with E-state index in [1.165, 1.54) is 24.3 Å². The lowest BCUT2D eigenvalue weighted by atomic mass is 10.1. The van der Waals surface area contributed by atoms with Gasteiger partial charge in [0.1, 0.15) is 10.0 Å². The molecule has 0 radical (unpaired) electrons. The molecule has 0 spiro atoms. The number of nitro groups is 2. The van der Waals surface area contributed by atoms with E-state index in [0.29, 0.717) is 25.7 Å². The maximum absolute atomic E-state index is 12.1. The van der Waals surface area contributed by atoms with Gasteiger partial charge in [0.05, 0.1) is 9.85 Å². The Morgan fingerprint density at radius 1 is 0.615 bits per heavy atom. The molecular weight excluding hydrogens is 559 g/mol. The van der Waals surface area contributed by atoms with Crippen molar-refractivity contribution in [2.75, 3.05) is 0 Å². The Morgan fingerprint density at radius 3 is 1.33 bits per heavy atom. The molecule has 0 saturated carbocycles. The predicted octanol–water partition coefficient (Wildman–Crippen LogP) is 3.76. The lowest BCUT2D eigenvalue weighted by Crippen LogP contribution is -2.41. The summed E-state index contributed by atoms with van der Waals surface area (Å²) in [5.41, 5.74) is 7.92. The van der Waals surface area contributed by atoms with Gasteiger partial charge < -0.3 is 0 Å². The molecule has 0 bridgehead atoms. The van der Waals surface area contributed by atoms with Crippen LogP contribution in [0.4, 0.5) is 11.4 Å². The minimum Gasteiger partial charge on any atom is -0.273 e. The first kappa shape index (κ1) is 30.9. The third kappa shape index (κ3) is 10.2. The number of hydrogen-bond acceptors (Lipinski definition) is 8. The Balaban J connectivity index is 1.57. The molecule has 4 amide bonds. The standard InChI is InChI=1S/C23H24Cl2N6O8/c24-16-10-8-14(12-18(16)30(36)37)22(34)28-26-20(32)6-4-2-1-3-5-7-21(33)27-29-23(35)15-9-11-17(25)19(13-15)31(38)39/h8-13H,1-7H2,(H,26,32)(H,27,33)(H,28,34)(H,29,35). The number of benzene rings is 2. The topological polar surface area (TPSA) is 203 Å². The van der Waals surface area contributed by atoms with Gasteiger partial charge in [-0.2, -0.15) is 0 Å². The molecule has 0 aliphatic carbocycles. The number of unbranched alkanes of at least 4 members (excludes halogenated alkanes) is 4. The average molecular weight is 583 g/mol. The van der Waals surface area contributed by atoms with Crippen molar-refractivity contribution in [1.82, 2.24) is 21.7 Å². The molecule has 0 aromatic heterocycles. The van der Waals surface area contributed by atoms with Gasteiger partial charge in [0, 0.05) is 36.1 Å². The van der Waals surface area contributed by atoms with Crippen LogP contribution in [-0.2, 0) is 9.59 Å². The Morgan fingerprint density at radius 2 is 0.974 bits per heavy atom. The van der Waals surface area contributed by atoms with Gasteiger partial charge in [-0.05, 0) is 37.1 Å². The molecule has 0 saturated heterocycles. The number of rotatable bonds is 12. The van der Waals surface area contributed by atoms with Crippen LogP contribution in [0.15, 0.2) is 36.4 Å². The van der Waals surface area contributed by atoms with E-state index in [1.807, 2.05) is 0 Å². The van der Waals surface area contributed by atoms with E-state index >= 15 is 0 Å². The molecule has 4 N–H and O–H groups in total. The van der Waals surface area contributed by atoms with Crippen LogP contribution in [0.3, 0.4) is 0 Å². The third-order valence-corrected chi connectivity index (χ3v) is 5.89. The van der Waals surface area contributed by atoms with Gasteiger partial charge in [-0.15, -0.1) is 0 Å². The number of halogens is 2. The largest absolute Gasteiger partial charge is 0.288 e. The number of nitrogens with one attached hydrogen (secondary N) is 4. The van der Waals surface area contributed by atoms with Gasteiger partial charge in [-0.3, -0.25) is 61.1 Å². The van der Waals surface area contributed by atoms with Gasteiger partial charge in [0.2, 0.25) is 11.8 Å². The van der Waals surface area contributed by atoms with Crippen molar-refractivity contribution in [3.05, 3.63) is 77.8 Å². The van der Waals surface area contributed by atoms with E-state index in [4.69, 9.17) is 23.2 Å². The monoisotopic (exact) mass is 582 g/mol. The van der Waals surface area contributed by atoms with Crippen molar-refractivity contribution in [2.24, 2.45) is 0 Å². The van der Waals surface area contributed by atoms with Crippen LogP contribution in [-0.4, -0.2) is 33.5 Å². The minimum absolute atomic E-state index is 0.0380. The summed E-state index contributed by atoms with van der Waals surface area (Å²) < 4.78 is 0. The summed E-state index contributed by atoms with van der Waals surface area (Å²) >= 11 is 11.4. The van der Waals surface area contributed by atoms with Gasteiger partial charge in [0.25, 0.3) is 23.2 Å². The summed E-state index contributed by atoms with van der Waals surface area (Å²) in [6, 6.07) is 7.02. The van der Waals surface area contributed by atoms with E-state index in [2.05, 4.69) is 21.7 Å². The molecule has 39 heavy (non-hydrogen) atoms. The molecule has 2 aromatic rings. The van der Waals surface area contributed by atoms with E-state index in [1.54, 1.807) is 0 Å². The van der Waals surface area contributed by atoms with Crippen molar-refractivity contribution in [3.8, 4) is 0 Å². The minimum atomic E-state index is -0.730. The Kier molecular flexibility index (Phi) is 12.0. The molecule has 0 unspecified atom stereocenters. The zero-order valence-corrected chi connectivity index (χ0v) is 21.8. The normalized spacial score (nSPS) is 10.3. The molecule has 0 aliphatic heterocycles. The second-order valence-corrected chi connectivity index (χ2v) is 8.93. The van der Waals surface area contributed by atoms with Crippen LogP contribution in [0.25, 0.3) is 0 Å². The van der Waals surface area contributed by atoms with Crippen molar-refractivity contribution >= 4 is 58.2 Å². The van der Waals surface area contributed by atoms with Crippen LogP contribution >= 0.6 is 23.2 Å². The summed E-state index contributed by atoms with van der Waals surface area (Å²) in [5.74, 6) is -2.33. The highest BCUT2D eigenvalue weighted by atomic mass is 35.5. The van der Waals surface area contributed by atoms with E-state index in [-0.39, 0.29) is 34.0 Å². The Labute approximate surface area is 231 Å². The fraction of sp³-hybridized carbons (Fsp3) is 0.304. The highest BCUT2D eigenvalue weighted by Gasteiger charge is 2.18. The molecule has 2 rings (SSSR count). The first-order valence-corrected chi connectivity index (χ1v) is 12.3. The number of hydrazine groups is 2. The highest BCUT2D eigenvalue weighted by Crippen LogP contribution is 2.25. The first-order chi connectivity index (χ1) is 18.5. The first-order valence-electron chi connectivity index (χ1n) is 11.6. The number of hydrogen-bond donors (Lipinski definition) is 4. The molecule has 0 atom stereocenters. The van der Waals surface area contributed by atoms with Crippen molar-refractivity contribution in [1.29, 1.82) is 0 Å². The SMILES string of the molecule is O=C(CCCCCCCC(=O)NNC(=O)c1ccc(Cl)c([N+](=O)[O-])c1)NNC(=O)c1ccc(Cl)c([N+](=O)[O-])c1. The van der Waals surface area contributed by atoms with Crippen molar-refractivity contribution in [3.63, 3.8) is 0 Å². The molecule has 0 heterocycles. The molecule has 0 aliphatic rings. The maximum Gasteiger partial charge on any atom is 0.288 e. The van der Waals surface area contributed by atoms with Gasteiger partial charge in [0.15, 0.2) is 0 Å². The van der Waals surface area contributed by atoms with E-state index < -0.39 is 44.9 Å². The highest BCUT2D eigenvalue weighted by molar-refractivity contribution is 6.33. The number of nitrogens with zero attached hydrogens (tertiary/aromatic N) is 2. The van der Waals surface area contributed by atoms with Gasteiger partial charge in [-0.1, -0.05) is 42.5 Å². The fourth-order valence-corrected chi connectivity index (χ4v) is 3.58. The van der Waals surface area contributed by atoms with Gasteiger partial charge in [-0.25, -0.2) is 0 Å². The molecule has 0 fully saturated rings. The second-order valence-electron chi connectivity index (χ2n) is 8.12. The molecule has 16 heteroatoms. The zero-order chi connectivity index (χ0) is 28.9. The quantitative estimate of drug-likeness (QED) is 0.164. The molecule has 208 valence electrons. The van der Waals surface area contributed by atoms with Crippen LogP contribution in [0.5, 0.6) is 0 Å². The van der Waals surface area contributed by atoms with Crippen LogP contribution in [0, 0.1) is 20.2 Å². The van der Waals surface area contributed by atoms with E-state index in [0.717, 1.165) is 18.6 Å².